The second-order valence-electron chi connectivity index (χ2n) is 4.15. The third kappa shape index (κ3) is 3.82. The molecule has 0 bridgehead atoms. The van der Waals surface area contributed by atoms with E-state index in [1.54, 1.807) is 42.5 Å². The van der Waals surface area contributed by atoms with E-state index in [0.29, 0.717) is 10.6 Å². The van der Waals surface area contributed by atoms with Gasteiger partial charge in [0.1, 0.15) is 0 Å². The van der Waals surface area contributed by atoms with Crippen LogP contribution in [0.25, 0.3) is 0 Å². The van der Waals surface area contributed by atoms with Gasteiger partial charge < -0.3 is 0 Å². The topological polar surface area (TPSA) is 63.2 Å². The molecule has 0 aliphatic rings. The molecule has 2 aromatic carbocycles. The van der Waals surface area contributed by atoms with Crippen LogP contribution in [0.3, 0.4) is 0 Å². The predicted molar refractivity (Wildman–Crippen MR) is 76.9 cm³/mol. The first-order valence-corrected chi connectivity index (χ1v) is 7.68. The Morgan fingerprint density at radius 1 is 1.05 bits per heavy atom. The van der Waals surface area contributed by atoms with Gasteiger partial charge in [-0.3, -0.25) is 4.79 Å². The summed E-state index contributed by atoms with van der Waals surface area (Å²) in [5.41, 5.74) is 0.651. The number of benzene rings is 2. The molecule has 0 atom stereocenters. The molecule has 0 aromatic heterocycles. The highest BCUT2D eigenvalue weighted by Crippen LogP contribution is 2.12. The third-order valence-corrected chi connectivity index (χ3v) is 4.18. The Bertz CT molecular complexity index is 714. The Morgan fingerprint density at radius 2 is 1.75 bits per heavy atom. The number of nitrogens with one attached hydrogen (secondary N) is 1. The molecule has 2 rings (SSSR count). The number of amides is 1. The molecular formula is C14H12ClNO3S. The zero-order valence-electron chi connectivity index (χ0n) is 10.4. The van der Waals surface area contributed by atoms with Crippen LogP contribution in [-0.4, -0.2) is 14.3 Å². The minimum Gasteiger partial charge on any atom is -0.274 e. The SMILES string of the molecule is O=C(Cc1cccc(Cl)c1)NS(=O)(=O)c1ccccc1. The largest absolute Gasteiger partial charge is 0.274 e. The van der Waals surface area contributed by atoms with Crippen LogP contribution in [0, 0.1) is 0 Å². The van der Waals surface area contributed by atoms with Crippen LogP contribution in [-0.2, 0) is 21.2 Å². The van der Waals surface area contributed by atoms with Crippen LogP contribution in [0.1, 0.15) is 5.56 Å². The summed E-state index contributed by atoms with van der Waals surface area (Å²) in [5, 5.41) is 0.501. The number of carbonyl (C=O) groups excluding carboxylic acids is 1. The van der Waals surface area contributed by atoms with E-state index in [4.69, 9.17) is 11.6 Å². The van der Waals surface area contributed by atoms with E-state index in [1.807, 2.05) is 4.72 Å². The molecule has 1 amide bonds. The molecule has 0 saturated carbocycles. The molecule has 0 saturated heterocycles. The third-order valence-electron chi connectivity index (χ3n) is 2.56. The van der Waals surface area contributed by atoms with Crippen molar-refractivity contribution >= 4 is 27.5 Å². The van der Waals surface area contributed by atoms with Gasteiger partial charge in [0.2, 0.25) is 5.91 Å². The highest BCUT2D eigenvalue weighted by molar-refractivity contribution is 7.90. The molecule has 0 unspecified atom stereocenters. The molecular weight excluding hydrogens is 298 g/mol. The van der Waals surface area contributed by atoms with Crippen molar-refractivity contribution in [3.05, 3.63) is 65.2 Å². The fourth-order valence-corrected chi connectivity index (χ4v) is 2.89. The smallest absolute Gasteiger partial charge is 0.264 e. The summed E-state index contributed by atoms with van der Waals surface area (Å²) in [5.74, 6) is -0.601. The molecule has 1 N–H and O–H groups in total. The Balaban J connectivity index is 2.09. The molecule has 20 heavy (non-hydrogen) atoms. The predicted octanol–water partition coefficient (Wildman–Crippen LogP) is 2.39. The quantitative estimate of drug-likeness (QED) is 0.943. The average molecular weight is 310 g/mol. The zero-order chi connectivity index (χ0) is 14.6. The van der Waals surface area contributed by atoms with Crippen LogP contribution < -0.4 is 4.72 Å². The number of carbonyl (C=O) groups is 1. The van der Waals surface area contributed by atoms with Crippen molar-refractivity contribution in [1.82, 2.24) is 4.72 Å². The van der Waals surface area contributed by atoms with E-state index in [2.05, 4.69) is 0 Å². The zero-order valence-corrected chi connectivity index (χ0v) is 12.0. The van der Waals surface area contributed by atoms with Gasteiger partial charge in [0.05, 0.1) is 11.3 Å². The van der Waals surface area contributed by atoms with Crippen molar-refractivity contribution in [2.24, 2.45) is 0 Å². The maximum Gasteiger partial charge on any atom is 0.264 e. The van der Waals surface area contributed by atoms with Gasteiger partial charge in [-0.25, -0.2) is 13.1 Å². The van der Waals surface area contributed by atoms with Crippen molar-refractivity contribution in [3.8, 4) is 0 Å². The Kier molecular flexibility index (Phi) is 4.42. The second kappa shape index (κ2) is 6.07. The molecule has 104 valence electrons. The molecule has 6 heteroatoms. The van der Waals surface area contributed by atoms with E-state index < -0.39 is 15.9 Å². The summed E-state index contributed by atoms with van der Waals surface area (Å²) in [6.45, 7) is 0. The minimum atomic E-state index is -3.82. The van der Waals surface area contributed by atoms with Crippen molar-refractivity contribution in [3.63, 3.8) is 0 Å². The Hall–Kier alpha value is -1.85. The van der Waals surface area contributed by atoms with Gasteiger partial charge in [-0.2, -0.15) is 0 Å². The van der Waals surface area contributed by atoms with Gasteiger partial charge in [0, 0.05) is 5.02 Å². The normalized spacial score (nSPS) is 11.1. The van der Waals surface area contributed by atoms with E-state index in [9.17, 15) is 13.2 Å². The maximum atomic E-state index is 11.9. The highest BCUT2D eigenvalue weighted by atomic mass is 35.5. The van der Waals surface area contributed by atoms with Gasteiger partial charge in [-0.05, 0) is 29.8 Å². The van der Waals surface area contributed by atoms with Gasteiger partial charge in [-0.15, -0.1) is 0 Å². The lowest BCUT2D eigenvalue weighted by Crippen LogP contribution is -2.31. The van der Waals surface area contributed by atoms with Crippen molar-refractivity contribution < 1.29 is 13.2 Å². The van der Waals surface area contributed by atoms with E-state index in [0.717, 1.165) is 0 Å². The van der Waals surface area contributed by atoms with Crippen LogP contribution in [0.5, 0.6) is 0 Å². The fraction of sp³-hybridized carbons (Fsp3) is 0.0714. The van der Waals surface area contributed by atoms with E-state index in [1.165, 1.54) is 12.1 Å². The van der Waals surface area contributed by atoms with Crippen LogP contribution in [0.15, 0.2) is 59.5 Å². The summed E-state index contributed by atoms with van der Waals surface area (Å²) in [7, 11) is -3.82. The minimum absolute atomic E-state index is 0.0490. The molecule has 0 aliphatic heterocycles. The number of hydrogen-bond donors (Lipinski definition) is 1. The molecule has 0 heterocycles. The maximum absolute atomic E-state index is 11.9. The van der Waals surface area contributed by atoms with Crippen molar-refractivity contribution in [1.29, 1.82) is 0 Å². The second-order valence-corrected chi connectivity index (χ2v) is 6.27. The van der Waals surface area contributed by atoms with Gasteiger partial charge >= 0.3 is 0 Å². The molecule has 2 aromatic rings. The Morgan fingerprint density at radius 3 is 2.40 bits per heavy atom. The number of halogens is 1. The van der Waals surface area contributed by atoms with Crippen LogP contribution in [0.4, 0.5) is 0 Å². The lowest BCUT2D eigenvalue weighted by atomic mass is 10.1. The Labute approximate surface area is 122 Å². The lowest BCUT2D eigenvalue weighted by Gasteiger charge is -2.07. The molecule has 0 aliphatic carbocycles. The van der Waals surface area contributed by atoms with E-state index in [-0.39, 0.29) is 11.3 Å². The van der Waals surface area contributed by atoms with Crippen LogP contribution in [0.2, 0.25) is 5.02 Å². The van der Waals surface area contributed by atoms with Crippen molar-refractivity contribution in [2.45, 2.75) is 11.3 Å². The monoisotopic (exact) mass is 309 g/mol. The molecule has 0 fully saturated rings. The molecule has 0 spiro atoms. The summed E-state index contributed by atoms with van der Waals surface area (Å²) in [4.78, 5) is 11.8. The number of sulfonamides is 1. The standard InChI is InChI=1S/C14H12ClNO3S/c15-12-6-4-5-11(9-12)10-14(17)16-20(18,19)13-7-2-1-3-8-13/h1-9H,10H2,(H,16,17). The van der Waals surface area contributed by atoms with Gasteiger partial charge in [-0.1, -0.05) is 41.9 Å². The van der Waals surface area contributed by atoms with Crippen molar-refractivity contribution in [2.75, 3.05) is 0 Å². The fourth-order valence-electron chi connectivity index (χ4n) is 1.68. The first kappa shape index (κ1) is 14.6. The first-order chi connectivity index (χ1) is 9.47. The number of hydrogen-bond acceptors (Lipinski definition) is 3. The highest BCUT2D eigenvalue weighted by Gasteiger charge is 2.17. The van der Waals surface area contributed by atoms with E-state index >= 15 is 0 Å². The summed E-state index contributed by atoms with van der Waals surface area (Å²) < 4.78 is 25.9. The lowest BCUT2D eigenvalue weighted by molar-refractivity contribution is -0.118. The first-order valence-electron chi connectivity index (χ1n) is 5.82. The summed E-state index contributed by atoms with van der Waals surface area (Å²) >= 11 is 5.81. The van der Waals surface area contributed by atoms with Crippen LogP contribution >= 0.6 is 11.6 Å². The van der Waals surface area contributed by atoms with Gasteiger partial charge in [0.25, 0.3) is 10.0 Å². The summed E-state index contributed by atoms with van der Waals surface area (Å²) in [6.07, 6.45) is -0.0490. The molecule has 4 nitrogen and oxygen atoms in total. The molecule has 0 radical (unpaired) electrons. The average Bonchev–Trinajstić information content (AvgIpc) is 2.39. The van der Waals surface area contributed by atoms with Gasteiger partial charge in [0.15, 0.2) is 0 Å². The number of rotatable bonds is 4. The summed E-state index contributed by atoms with van der Waals surface area (Å²) in [6, 6.07) is 14.5.